The molecule has 1 atom stereocenters. The van der Waals surface area contributed by atoms with Crippen LogP contribution in [0.4, 0.5) is 0 Å². The lowest BCUT2D eigenvalue weighted by Crippen LogP contribution is -2.36. The van der Waals surface area contributed by atoms with Crippen molar-refractivity contribution in [1.82, 2.24) is 4.90 Å². The van der Waals surface area contributed by atoms with Gasteiger partial charge in [-0.1, -0.05) is 46.5 Å². The van der Waals surface area contributed by atoms with E-state index in [2.05, 4.69) is 25.7 Å². The van der Waals surface area contributed by atoms with Gasteiger partial charge in [-0.2, -0.15) is 0 Å². The van der Waals surface area contributed by atoms with E-state index in [-0.39, 0.29) is 6.23 Å². The third kappa shape index (κ3) is 8.12. The molecule has 0 radical (unpaired) electrons. The molecule has 0 saturated heterocycles. The van der Waals surface area contributed by atoms with Gasteiger partial charge < -0.3 is 5.11 Å². The molecule has 1 unspecified atom stereocenters. The van der Waals surface area contributed by atoms with Crippen LogP contribution in [0.2, 0.25) is 0 Å². The van der Waals surface area contributed by atoms with Gasteiger partial charge in [-0.25, -0.2) is 0 Å². The fraction of sp³-hybridized carbons (Fsp3) is 1.00. The number of rotatable bonds is 11. The molecule has 0 spiro atoms. The number of unbranched alkanes of at least 4 members (excludes halogenated alkanes) is 4. The van der Waals surface area contributed by atoms with E-state index in [4.69, 9.17) is 0 Å². The van der Waals surface area contributed by atoms with Gasteiger partial charge in [0.05, 0.1) is 0 Å². The Kier molecular flexibility index (Phi) is 11.3. The third-order valence-electron chi connectivity index (χ3n) is 3.09. The summed E-state index contributed by atoms with van der Waals surface area (Å²) < 4.78 is 0. The van der Waals surface area contributed by atoms with Gasteiger partial charge in [-0.3, -0.25) is 4.90 Å². The predicted molar refractivity (Wildman–Crippen MR) is 71.5 cm³/mol. The van der Waals surface area contributed by atoms with Crippen LogP contribution >= 0.6 is 0 Å². The summed E-state index contributed by atoms with van der Waals surface area (Å²) in [6.45, 7) is 8.74. The molecule has 0 aliphatic carbocycles. The lowest BCUT2D eigenvalue weighted by Gasteiger charge is -2.27. The van der Waals surface area contributed by atoms with Gasteiger partial charge in [0.1, 0.15) is 6.23 Å². The summed E-state index contributed by atoms with van der Waals surface area (Å²) in [6, 6.07) is 0. The van der Waals surface area contributed by atoms with Gasteiger partial charge in [-0.15, -0.1) is 0 Å². The van der Waals surface area contributed by atoms with Gasteiger partial charge in [0.2, 0.25) is 0 Å². The Bertz CT molecular complexity index is 131. The van der Waals surface area contributed by atoms with Crippen molar-refractivity contribution in [2.24, 2.45) is 0 Å². The maximum atomic E-state index is 10.1. The minimum absolute atomic E-state index is 0.204. The summed E-state index contributed by atoms with van der Waals surface area (Å²) in [4.78, 5) is 2.27. The Hall–Kier alpha value is -0.0800. The van der Waals surface area contributed by atoms with Gasteiger partial charge in [0.25, 0.3) is 0 Å². The first-order valence-electron chi connectivity index (χ1n) is 7.18. The van der Waals surface area contributed by atoms with E-state index in [0.29, 0.717) is 0 Å². The average Bonchev–Trinajstić information content (AvgIpc) is 2.29. The smallest absolute Gasteiger partial charge is 0.107 e. The Morgan fingerprint density at radius 1 is 0.812 bits per heavy atom. The predicted octanol–water partition coefficient (Wildman–Crippen LogP) is 3.79. The number of nitrogens with zero attached hydrogens (tertiary/aromatic N) is 1. The van der Waals surface area contributed by atoms with Crippen LogP contribution in [-0.2, 0) is 0 Å². The molecule has 16 heavy (non-hydrogen) atoms. The maximum Gasteiger partial charge on any atom is 0.107 e. The largest absolute Gasteiger partial charge is 0.378 e. The quantitative estimate of drug-likeness (QED) is 0.430. The summed E-state index contributed by atoms with van der Waals surface area (Å²) >= 11 is 0. The fourth-order valence-electron chi connectivity index (χ4n) is 1.89. The standard InChI is InChI=1S/C14H31NO/c1-4-7-10-11-14(16)15(12-8-5-2)13-9-6-3/h14,16H,4-13H2,1-3H3. The van der Waals surface area contributed by atoms with Gasteiger partial charge in [0.15, 0.2) is 0 Å². The van der Waals surface area contributed by atoms with Gasteiger partial charge in [-0.05, 0) is 25.7 Å². The molecule has 2 heteroatoms. The van der Waals surface area contributed by atoms with Crippen molar-refractivity contribution < 1.29 is 5.11 Å². The SMILES string of the molecule is CCCCCC(O)N(CCCC)CCCC. The lowest BCUT2D eigenvalue weighted by atomic mass is 10.1. The van der Waals surface area contributed by atoms with Crippen molar-refractivity contribution in [3.05, 3.63) is 0 Å². The van der Waals surface area contributed by atoms with Crippen LogP contribution in [0.3, 0.4) is 0 Å². The minimum Gasteiger partial charge on any atom is -0.378 e. The van der Waals surface area contributed by atoms with E-state index >= 15 is 0 Å². The lowest BCUT2D eigenvalue weighted by molar-refractivity contribution is -0.00563. The second-order valence-electron chi connectivity index (χ2n) is 4.72. The Balaban J connectivity index is 3.83. The Labute approximate surface area is 102 Å². The number of aliphatic hydroxyl groups excluding tert-OH is 1. The minimum atomic E-state index is -0.204. The molecule has 0 aromatic heterocycles. The summed E-state index contributed by atoms with van der Waals surface area (Å²) in [6.07, 6.45) is 9.21. The normalized spacial score (nSPS) is 13.3. The summed E-state index contributed by atoms with van der Waals surface area (Å²) in [5.74, 6) is 0. The molecular weight excluding hydrogens is 198 g/mol. The number of aliphatic hydroxyl groups is 1. The molecule has 0 amide bonds. The topological polar surface area (TPSA) is 23.5 Å². The summed E-state index contributed by atoms with van der Waals surface area (Å²) in [5, 5.41) is 10.1. The van der Waals surface area contributed by atoms with Crippen molar-refractivity contribution in [3.8, 4) is 0 Å². The Morgan fingerprint density at radius 3 is 1.75 bits per heavy atom. The van der Waals surface area contributed by atoms with Gasteiger partial charge >= 0.3 is 0 Å². The van der Waals surface area contributed by atoms with Crippen LogP contribution in [0.1, 0.15) is 72.1 Å². The molecule has 2 nitrogen and oxygen atoms in total. The van der Waals surface area contributed by atoms with Crippen LogP contribution in [-0.4, -0.2) is 29.3 Å². The van der Waals surface area contributed by atoms with Crippen LogP contribution in [0.5, 0.6) is 0 Å². The van der Waals surface area contributed by atoms with Crippen LogP contribution in [0.15, 0.2) is 0 Å². The highest BCUT2D eigenvalue weighted by Gasteiger charge is 2.13. The molecule has 1 N–H and O–H groups in total. The zero-order chi connectivity index (χ0) is 12.2. The molecule has 0 heterocycles. The zero-order valence-electron chi connectivity index (χ0n) is 11.5. The van der Waals surface area contributed by atoms with E-state index in [0.717, 1.165) is 25.9 Å². The molecule has 0 aromatic rings. The van der Waals surface area contributed by atoms with Crippen molar-refractivity contribution in [2.75, 3.05) is 13.1 Å². The van der Waals surface area contributed by atoms with Crippen LogP contribution in [0, 0.1) is 0 Å². The second-order valence-corrected chi connectivity index (χ2v) is 4.72. The summed E-state index contributed by atoms with van der Waals surface area (Å²) in [7, 11) is 0. The maximum absolute atomic E-state index is 10.1. The van der Waals surface area contributed by atoms with E-state index in [1.54, 1.807) is 0 Å². The molecule has 98 valence electrons. The van der Waals surface area contributed by atoms with E-state index in [1.165, 1.54) is 38.5 Å². The molecule has 0 rings (SSSR count). The van der Waals surface area contributed by atoms with Crippen molar-refractivity contribution in [3.63, 3.8) is 0 Å². The monoisotopic (exact) mass is 229 g/mol. The van der Waals surface area contributed by atoms with E-state index in [9.17, 15) is 5.11 Å². The molecule has 0 saturated carbocycles. The third-order valence-corrected chi connectivity index (χ3v) is 3.09. The highest BCUT2D eigenvalue weighted by atomic mass is 16.3. The molecule has 0 bridgehead atoms. The molecule has 0 fully saturated rings. The molecule has 0 aliphatic heterocycles. The number of hydrogen-bond acceptors (Lipinski definition) is 2. The van der Waals surface area contributed by atoms with E-state index in [1.807, 2.05) is 0 Å². The first-order chi connectivity index (χ1) is 7.76. The van der Waals surface area contributed by atoms with Crippen LogP contribution in [0.25, 0.3) is 0 Å². The average molecular weight is 229 g/mol. The highest BCUT2D eigenvalue weighted by Crippen LogP contribution is 2.10. The van der Waals surface area contributed by atoms with E-state index < -0.39 is 0 Å². The summed E-state index contributed by atoms with van der Waals surface area (Å²) in [5.41, 5.74) is 0. The fourth-order valence-corrected chi connectivity index (χ4v) is 1.89. The molecular formula is C14H31NO. The Morgan fingerprint density at radius 2 is 1.31 bits per heavy atom. The highest BCUT2D eigenvalue weighted by molar-refractivity contribution is 4.62. The zero-order valence-corrected chi connectivity index (χ0v) is 11.5. The van der Waals surface area contributed by atoms with Crippen molar-refractivity contribution in [1.29, 1.82) is 0 Å². The first kappa shape index (κ1) is 15.9. The second kappa shape index (κ2) is 11.4. The van der Waals surface area contributed by atoms with Crippen molar-refractivity contribution >= 4 is 0 Å². The van der Waals surface area contributed by atoms with Gasteiger partial charge in [0, 0.05) is 13.1 Å². The molecule has 0 aliphatic rings. The first-order valence-corrected chi connectivity index (χ1v) is 7.18. The van der Waals surface area contributed by atoms with Crippen LogP contribution < -0.4 is 0 Å². The molecule has 0 aromatic carbocycles. The number of hydrogen-bond donors (Lipinski definition) is 1. The van der Waals surface area contributed by atoms with Crippen molar-refractivity contribution in [2.45, 2.75) is 78.4 Å².